The van der Waals surface area contributed by atoms with Crippen LogP contribution in [0.4, 0.5) is 0 Å². The van der Waals surface area contributed by atoms with Gasteiger partial charge >= 0.3 is 5.97 Å². The molecule has 1 aromatic carbocycles. The molecule has 0 aliphatic carbocycles. The van der Waals surface area contributed by atoms with Gasteiger partial charge in [-0.05, 0) is 66.2 Å². The second-order valence-electron chi connectivity index (χ2n) is 12.1. The Hall–Kier alpha value is -3.17. The molecule has 0 unspecified atom stereocenters. The molecule has 17 nitrogen and oxygen atoms in total. The predicted octanol–water partition coefficient (Wildman–Crippen LogP) is 7.00. The molecule has 0 bridgehead atoms. The molecule has 50 heavy (non-hydrogen) atoms. The lowest BCUT2D eigenvalue weighted by atomic mass is 9.93. The molecule has 1 aromatic rings. The molecule has 0 heterocycles. The third-order valence-electron chi connectivity index (χ3n) is 7.87. The van der Waals surface area contributed by atoms with Gasteiger partial charge in [0, 0.05) is 34.4 Å². The number of ether oxygens (including phenoxy) is 5. The summed E-state index contributed by atoms with van der Waals surface area (Å²) in [6.07, 6.45) is 10.1. The Balaban J connectivity index is 2.84. The topological polar surface area (TPSA) is 253 Å². The summed E-state index contributed by atoms with van der Waals surface area (Å²) < 4.78 is 30.7. The fourth-order valence-electron chi connectivity index (χ4n) is 4.68. The van der Waals surface area contributed by atoms with Crippen molar-refractivity contribution in [2.75, 3.05) is 72.5 Å². The molecule has 0 saturated carbocycles. The Labute approximate surface area is 295 Å². The zero-order valence-corrected chi connectivity index (χ0v) is 29.4. The molecule has 0 saturated heterocycles. The van der Waals surface area contributed by atoms with Crippen LogP contribution in [-0.2, 0) is 36.9 Å². The Kier molecular flexibility index (Phi) is 27.5. The average Bonchev–Trinajstić information content (AvgIpc) is 3.14. The van der Waals surface area contributed by atoms with E-state index in [0.717, 1.165) is 88.2 Å². The number of hydrogen-bond acceptors (Lipinski definition) is 11. The molecule has 0 aromatic heterocycles. The van der Waals surface area contributed by atoms with Gasteiger partial charge in [-0.25, -0.2) is 0 Å². The van der Waals surface area contributed by atoms with E-state index in [4.69, 9.17) is 40.3 Å². The normalized spacial score (nSPS) is 12.5. The Morgan fingerprint density at radius 1 is 0.500 bits per heavy atom. The lowest BCUT2D eigenvalue weighted by Crippen LogP contribution is -2.45. The van der Waals surface area contributed by atoms with Gasteiger partial charge in [0.15, 0.2) is 0 Å². The molecule has 17 heteroatoms. The first-order valence-corrected chi connectivity index (χ1v) is 17.5. The quantitative estimate of drug-likeness (QED) is 0.0217. The summed E-state index contributed by atoms with van der Waals surface area (Å²) in [6.45, 7) is 2.02. The van der Waals surface area contributed by atoms with Gasteiger partial charge in [0.25, 0.3) is 0 Å². The van der Waals surface area contributed by atoms with Gasteiger partial charge < -0.3 is 39.0 Å². The van der Waals surface area contributed by atoms with E-state index < -0.39 is 11.4 Å². The molecule has 0 aliphatic heterocycles. The molecule has 0 fully saturated rings. The van der Waals surface area contributed by atoms with Crippen molar-refractivity contribution in [1.82, 2.24) is 0 Å². The maximum Gasteiger partial charge on any atom is 0.307 e. The van der Waals surface area contributed by atoms with E-state index >= 15 is 0 Å². The minimum atomic E-state index is -1.41. The van der Waals surface area contributed by atoms with Crippen LogP contribution in [0.15, 0.2) is 39.6 Å². The van der Waals surface area contributed by atoms with Crippen molar-refractivity contribution < 1.29 is 39.0 Å². The minimum absolute atomic E-state index is 0.0185. The van der Waals surface area contributed by atoms with Gasteiger partial charge in [-0.15, -0.1) is 0 Å². The van der Waals surface area contributed by atoms with Crippen LogP contribution in [0.1, 0.15) is 88.2 Å². The molecule has 0 radical (unpaired) electrons. The highest BCUT2D eigenvalue weighted by molar-refractivity contribution is 5.21. The third kappa shape index (κ3) is 21.8. The lowest BCUT2D eigenvalue weighted by Gasteiger charge is -2.33. The van der Waals surface area contributed by atoms with Crippen LogP contribution in [0.3, 0.4) is 0 Å². The third-order valence-corrected chi connectivity index (χ3v) is 7.87. The fraction of sp³-hybridized carbons (Fsp3) is 0.818. The monoisotopic (exact) mass is 707 g/mol. The smallest absolute Gasteiger partial charge is 0.307 e. The van der Waals surface area contributed by atoms with E-state index in [9.17, 15) is 15.3 Å². The zero-order valence-electron chi connectivity index (χ0n) is 29.4. The number of nitrogens with zero attached hydrogens (tertiary/aromatic N) is 9. The van der Waals surface area contributed by atoms with E-state index in [1.165, 1.54) is 0 Å². The fourth-order valence-corrected chi connectivity index (χ4v) is 4.68. The Morgan fingerprint density at radius 3 is 1.18 bits per heavy atom. The van der Waals surface area contributed by atoms with Crippen molar-refractivity contribution in [2.45, 2.75) is 96.2 Å². The second-order valence-corrected chi connectivity index (χ2v) is 12.1. The summed E-state index contributed by atoms with van der Waals surface area (Å²) >= 11 is 0. The summed E-state index contributed by atoms with van der Waals surface area (Å²) in [6, 6.07) is 7.65. The Morgan fingerprint density at radius 2 is 0.840 bits per heavy atom. The first-order valence-electron chi connectivity index (χ1n) is 17.5. The van der Waals surface area contributed by atoms with Crippen molar-refractivity contribution in [2.24, 2.45) is 20.8 Å². The van der Waals surface area contributed by atoms with Crippen molar-refractivity contribution in [3.8, 4) is 0 Å². The first-order chi connectivity index (χ1) is 24.5. The summed E-state index contributed by atoms with van der Waals surface area (Å²) in [4.78, 5) is 8.38. The van der Waals surface area contributed by atoms with Crippen LogP contribution in [0, 0.1) is 5.41 Å². The first kappa shape index (κ1) is 44.9. The Bertz CT molecular complexity index is 1040. The van der Waals surface area contributed by atoms with Gasteiger partial charge in [0.2, 0.25) is 0 Å². The molecule has 1 rings (SSSR count). The number of azide groups is 3. The van der Waals surface area contributed by atoms with E-state index in [1.54, 1.807) is 0 Å². The predicted molar refractivity (Wildman–Crippen MR) is 187 cm³/mol. The lowest BCUT2D eigenvalue weighted by molar-refractivity contribution is -0.396. The highest BCUT2D eigenvalue weighted by Crippen LogP contribution is 2.22. The largest absolute Gasteiger partial charge is 0.396 e. The molecule has 3 N–H and O–H groups in total. The van der Waals surface area contributed by atoms with E-state index in [0.29, 0.717) is 39.5 Å². The van der Waals surface area contributed by atoms with Gasteiger partial charge in [-0.3, -0.25) is 0 Å². The summed E-state index contributed by atoms with van der Waals surface area (Å²) in [7, 11) is 0. The van der Waals surface area contributed by atoms with Crippen LogP contribution in [0.2, 0.25) is 0 Å². The number of unbranched alkanes of at least 4 members (excludes halogenated alkanes) is 9. The maximum atomic E-state index is 9.49. The highest BCUT2D eigenvalue weighted by Gasteiger charge is 2.34. The highest BCUT2D eigenvalue weighted by atomic mass is 16.9. The molecule has 0 spiro atoms. The molecule has 0 amide bonds. The summed E-state index contributed by atoms with van der Waals surface area (Å²) in [5.41, 5.74) is 26.1. The van der Waals surface area contributed by atoms with E-state index in [-0.39, 0.29) is 46.2 Å². The van der Waals surface area contributed by atoms with E-state index in [2.05, 4.69) is 30.1 Å². The molecule has 0 atom stereocenters. The molecular formula is C33H57N9O8. The molecular weight excluding hydrogens is 650 g/mol. The molecule has 282 valence electrons. The SMILES string of the molecule is [N-]=[N+]=NCCCCCCOC(COCc1ccc(COCC(CO)(CO)CO)cc1)(OCCCCCCN=[N+]=[N-])OCCCCCCN=[N+]=[N-]. The van der Waals surface area contributed by atoms with Gasteiger partial charge in [-0.1, -0.05) is 78.1 Å². The average molecular weight is 708 g/mol. The summed E-state index contributed by atoms with van der Waals surface area (Å²) in [5.74, 6) is -1.41. The number of aliphatic hydroxyl groups excluding tert-OH is 3. The molecule has 0 aliphatic rings. The van der Waals surface area contributed by atoms with Gasteiger partial charge in [-0.2, -0.15) is 0 Å². The number of hydrogen-bond donors (Lipinski definition) is 3. The van der Waals surface area contributed by atoms with E-state index in [1.807, 2.05) is 24.3 Å². The minimum Gasteiger partial charge on any atom is -0.396 e. The zero-order chi connectivity index (χ0) is 36.4. The number of aliphatic hydroxyl groups is 3. The van der Waals surface area contributed by atoms with Crippen LogP contribution >= 0.6 is 0 Å². The van der Waals surface area contributed by atoms with Crippen LogP contribution in [0.5, 0.6) is 0 Å². The number of benzene rings is 1. The second kappa shape index (κ2) is 30.6. The van der Waals surface area contributed by atoms with Crippen LogP contribution in [-0.4, -0.2) is 93.8 Å². The number of rotatable bonds is 35. The summed E-state index contributed by atoms with van der Waals surface area (Å²) in [5, 5.41) is 39.2. The van der Waals surface area contributed by atoms with Gasteiger partial charge in [0.1, 0.15) is 6.61 Å². The van der Waals surface area contributed by atoms with Crippen molar-refractivity contribution >= 4 is 0 Å². The standard InChI is InChI=1S/C33H57N9O8/c34-40-37-17-7-1-4-10-20-48-33(49-21-11-5-2-8-18-38-41-35,50-22-12-6-3-9-19-39-42-36)29-47-24-31-15-13-30(14-16-31)23-46-28-32(25-43,26-44)27-45/h13-16,43-45H,1-12,17-29H2. The van der Waals surface area contributed by atoms with Crippen molar-refractivity contribution in [3.05, 3.63) is 66.7 Å². The van der Waals surface area contributed by atoms with Crippen molar-refractivity contribution in [1.29, 1.82) is 0 Å². The van der Waals surface area contributed by atoms with Crippen molar-refractivity contribution in [3.63, 3.8) is 0 Å². The van der Waals surface area contributed by atoms with Gasteiger partial charge in [0.05, 0.1) is 64.9 Å². The maximum absolute atomic E-state index is 9.49. The van der Waals surface area contributed by atoms with Crippen LogP contribution < -0.4 is 0 Å². The van der Waals surface area contributed by atoms with Crippen LogP contribution in [0.25, 0.3) is 31.3 Å².